The first kappa shape index (κ1) is 14.4. The second kappa shape index (κ2) is 5.96. The van der Waals surface area contributed by atoms with Crippen molar-refractivity contribution in [3.8, 4) is 0 Å². The van der Waals surface area contributed by atoms with Crippen molar-refractivity contribution in [2.45, 2.75) is 19.9 Å². The third-order valence-corrected chi connectivity index (χ3v) is 3.83. The second-order valence-electron chi connectivity index (χ2n) is 3.99. The fraction of sp³-hybridized carbons (Fsp3) is 0.231. The van der Waals surface area contributed by atoms with Crippen LogP contribution in [0.2, 0.25) is 0 Å². The summed E-state index contributed by atoms with van der Waals surface area (Å²) >= 11 is 6.37. The van der Waals surface area contributed by atoms with Crippen molar-refractivity contribution in [1.82, 2.24) is 9.78 Å². The Hall–Kier alpha value is -1.01. The Morgan fingerprint density at radius 2 is 2.11 bits per heavy atom. The van der Waals surface area contributed by atoms with E-state index >= 15 is 0 Å². The van der Waals surface area contributed by atoms with E-state index in [2.05, 4.69) is 37.0 Å². The van der Waals surface area contributed by atoms with Crippen LogP contribution in [0.1, 0.15) is 29.4 Å². The quantitative estimate of drug-likeness (QED) is 0.735. The summed E-state index contributed by atoms with van der Waals surface area (Å²) in [6.45, 7) is 2.60. The molecule has 100 valence electrons. The standard InChI is InChI=1S/C13H11Br2FN2O/c1-2-6-18-12(10(15)7-17-18)13(19)8-4-3-5-9(14)11(8)16/h3-5,7H,2,6H2,1H3. The summed E-state index contributed by atoms with van der Waals surface area (Å²) in [6, 6.07) is 4.66. The fourth-order valence-electron chi connectivity index (χ4n) is 1.78. The van der Waals surface area contributed by atoms with Gasteiger partial charge in [0.1, 0.15) is 11.5 Å². The third kappa shape index (κ3) is 2.79. The molecular weight excluding hydrogens is 379 g/mol. The minimum Gasteiger partial charge on any atom is -0.287 e. The molecule has 2 rings (SSSR count). The molecular formula is C13H11Br2FN2O. The number of hydrogen-bond acceptors (Lipinski definition) is 2. The van der Waals surface area contributed by atoms with Crippen molar-refractivity contribution in [2.24, 2.45) is 0 Å². The van der Waals surface area contributed by atoms with Crippen LogP contribution in [0, 0.1) is 5.82 Å². The summed E-state index contributed by atoms with van der Waals surface area (Å²) in [5.41, 5.74) is 0.409. The predicted molar refractivity (Wildman–Crippen MR) is 77.8 cm³/mol. The molecule has 0 aliphatic carbocycles. The van der Waals surface area contributed by atoms with Crippen LogP contribution in [0.3, 0.4) is 0 Å². The Labute approximate surface area is 127 Å². The molecule has 1 aromatic heterocycles. The minimum atomic E-state index is -0.552. The van der Waals surface area contributed by atoms with E-state index < -0.39 is 5.82 Å². The Balaban J connectivity index is 2.50. The Kier molecular flexibility index (Phi) is 4.52. The van der Waals surface area contributed by atoms with Gasteiger partial charge in [-0.15, -0.1) is 0 Å². The van der Waals surface area contributed by atoms with E-state index in [4.69, 9.17) is 0 Å². The Morgan fingerprint density at radius 1 is 1.37 bits per heavy atom. The van der Waals surface area contributed by atoms with Crippen molar-refractivity contribution in [2.75, 3.05) is 0 Å². The molecule has 0 aliphatic heterocycles. The molecule has 0 spiro atoms. The van der Waals surface area contributed by atoms with Gasteiger partial charge in [-0.3, -0.25) is 9.48 Å². The highest BCUT2D eigenvalue weighted by molar-refractivity contribution is 9.10. The number of aromatic nitrogens is 2. The molecule has 0 amide bonds. The Morgan fingerprint density at radius 3 is 2.79 bits per heavy atom. The molecule has 2 aromatic rings. The summed E-state index contributed by atoms with van der Waals surface area (Å²) in [5.74, 6) is -0.930. The van der Waals surface area contributed by atoms with E-state index in [1.54, 1.807) is 23.0 Å². The molecule has 0 saturated heterocycles. The van der Waals surface area contributed by atoms with Crippen LogP contribution >= 0.6 is 31.9 Å². The van der Waals surface area contributed by atoms with Crippen molar-refractivity contribution < 1.29 is 9.18 Å². The number of halogens is 3. The SMILES string of the molecule is CCCn1ncc(Br)c1C(=O)c1cccc(Br)c1F. The molecule has 0 radical (unpaired) electrons. The number of rotatable bonds is 4. The van der Waals surface area contributed by atoms with Crippen molar-refractivity contribution in [3.63, 3.8) is 0 Å². The highest BCUT2D eigenvalue weighted by Gasteiger charge is 2.22. The molecule has 0 fully saturated rings. The van der Waals surface area contributed by atoms with Crippen molar-refractivity contribution >= 4 is 37.6 Å². The molecule has 0 bridgehead atoms. The summed E-state index contributed by atoms with van der Waals surface area (Å²) in [7, 11) is 0. The summed E-state index contributed by atoms with van der Waals surface area (Å²) in [6.07, 6.45) is 2.40. The van der Waals surface area contributed by atoms with E-state index in [1.165, 1.54) is 6.07 Å². The van der Waals surface area contributed by atoms with Gasteiger partial charge in [-0.05, 0) is 50.4 Å². The van der Waals surface area contributed by atoms with Crippen LogP contribution in [-0.2, 0) is 6.54 Å². The highest BCUT2D eigenvalue weighted by atomic mass is 79.9. The molecule has 0 saturated carbocycles. The molecule has 0 atom stereocenters. The monoisotopic (exact) mass is 388 g/mol. The predicted octanol–water partition coefficient (Wildman–Crippen LogP) is 4.19. The van der Waals surface area contributed by atoms with Gasteiger partial charge in [0.2, 0.25) is 5.78 Å². The highest BCUT2D eigenvalue weighted by Crippen LogP contribution is 2.24. The number of hydrogen-bond donors (Lipinski definition) is 0. The summed E-state index contributed by atoms with van der Waals surface area (Å²) in [4.78, 5) is 12.4. The first-order chi connectivity index (χ1) is 9.06. The van der Waals surface area contributed by atoms with Crippen LogP contribution in [0.4, 0.5) is 4.39 Å². The smallest absolute Gasteiger partial charge is 0.215 e. The zero-order valence-electron chi connectivity index (χ0n) is 10.2. The van der Waals surface area contributed by atoms with E-state index in [0.29, 0.717) is 16.7 Å². The van der Waals surface area contributed by atoms with Gasteiger partial charge in [0, 0.05) is 6.54 Å². The van der Waals surface area contributed by atoms with Crippen LogP contribution in [0.5, 0.6) is 0 Å². The van der Waals surface area contributed by atoms with Crippen LogP contribution < -0.4 is 0 Å². The summed E-state index contributed by atoms with van der Waals surface area (Å²) in [5, 5.41) is 4.12. The molecule has 6 heteroatoms. The number of aryl methyl sites for hydroxylation is 1. The lowest BCUT2D eigenvalue weighted by molar-refractivity contribution is 0.102. The first-order valence-corrected chi connectivity index (χ1v) is 7.34. The maximum Gasteiger partial charge on any atom is 0.215 e. The molecule has 1 heterocycles. The zero-order chi connectivity index (χ0) is 14.0. The van der Waals surface area contributed by atoms with E-state index in [-0.39, 0.29) is 15.8 Å². The number of nitrogens with zero attached hydrogens (tertiary/aromatic N) is 2. The van der Waals surface area contributed by atoms with Gasteiger partial charge >= 0.3 is 0 Å². The fourth-order valence-corrected chi connectivity index (χ4v) is 2.62. The lowest BCUT2D eigenvalue weighted by Crippen LogP contribution is -2.13. The summed E-state index contributed by atoms with van der Waals surface area (Å²) < 4.78 is 16.4. The maximum atomic E-state index is 14.0. The van der Waals surface area contributed by atoms with Gasteiger partial charge in [0.15, 0.2) is 0 Å². The van der Waals surface area contributed by atoms with Crippen LogP contribution in [0.25, 0.3) is 0 Å². The van der Waals surface area contributed by atoms with Gasteiger partial charge in [0.25, 0.3) is 0 Å². The molecule has 0 unspecified atom stereocenters. The molecule has 0 N–H and O–H groups in total. The van der Waals surface area contributed by atoms with E-state index in [0.717, 1.165) is 6.42 Å². The maximum absolute atomic E-state index is 14.0. The van der Waals surface area contributed by atoms with Gasteiger partial charge in [0.05, 0.1) is 20.7 Å². The zero-order valence-corrected chi connectivity index (χ0v) is 13.3. The lowest BCUT2D eigenvalue weighted by atomic mass is 10.1. The van der Waals surface area contributed by atoms with Gasteiger partial charge in [-0.1, -0.05) is 13.0 Å². The molecule has 0 aliphatic rings. The average molecular weight is 390 g/mol. The average Bonchev–Trinajstić information content (AvgIpc) is 2.74. The second-order valence-corrected chi connectivity index (χ2v) is 5.70. The van der Waals surface area contributed by atoms with E-state index in [9.17, 15) is 9.18 Å². The first-order valence-electron chi connectivity index (χ1n) is 5.76. The number of ketones is 1. The number of carbonyl (C=O) groups excluding carboxylic acids is 1. The third-order valence-electron chi connectivity index (χ3n) is 2.64. The molecule has 1 aromatic carbocycles. The topological polar surface area (TPSA) is 34.9 Å². The molecule has 3 nitrogen and oxygen atoms in total. The van der Waals surface area contributed by atoms with Gasteiger partial charge in [-0.25, -0.2) is 4.39 Å². The normalized spacial score (nSPS) is 10.7. The van der Waals surface area contributed by atoms with Crippen molar-refractivity contribution in [3.05, 3.63) is 50.4 Å². The lowest BCUT2D eigenvalue weighted by Gasteiger charge is -2.07. The van der Waals surface area contributed by atoms with Crippen LogP contribution in [0.15, 0.2) is 33.3 Å². The van der Waals surface area contributed by atoms with Crippen LogP contribution in [-0.4, -0.2) is 15.6 Å². The van der Waals surface area contributed by atoms with Gasteiger partial charge in [-0.2, -0.15) is 5.10 Å². The number of carbonyl (C=O) groups is 1. The Bertz CT molecular complexity index is 625. The van der Waals surface area contributed by atoms with E-state index in [1.807, 2.05) is 6.92 Å². The number of benzene rings is 1. The largest absolute Gasteiger partial charge is 0.287 e. The van der Waals surface area contributed by atoms with Crippen molar-refractivity contribution in [1.29, 1.82) is 0 Å². The molecule has 19 heavy (non-hydrogen) atoms. The minimum absolute atomic E-state index is 0.0351. The van der Waals surface area contributed by atoms with Gasteiger partial charge < -0.3 is 0 Å².